The molecule has 0 saturated heterocycles. The van der Waals surface area contributed by atoms with Crippen molar-refractivity contribution in [1.29, 1.82) is 0 Å². The standard InChI is InChI=1S/C28H18Cl2O2/c29-25(31)27(19-11-3-1-4-12-19)21-15-7-9-17-23(21)28(26(30)32,20-13-5-2-6-14-20)24-18-10-8-16-22(24)27/h1-18H. The van der Waals surface area contributed by atoms with Gasteiger partial charge in [0, 0.05) is 0 Å². The second-order valence-corrected chi connectivity index (χ2v) is 8.56. The Bertz CT molecular complexity index is 1180. The number of hydrogen-bond acceptors (Lipinski definition) is 2. The number of rotatable bonds is 4. The molecule has 0 spiro atoms. The lowest BCUT2D eigenvalue weighted by Crippen LogP contribution is -2.49. The molecule has 0 N–H and O–H groups in total. The van der Waals surface area contributed by atoms with Crippen molar-refractivity contribution >= 4 is 33.7 Å². The van der Waals surface area contributed by atoms with E-state index < -0.39 is 21.3 Å². The molecule has 5 rings (SSSR count). The minimum Gasteiger partial charge on any atom is -0.280 e. The molecule has 4 heteroatoms. The molecule has 0 unspecified atom stereocenters. The Morgan fingerprint density at radius 1 is 0.438 bits per heavy atom. The maximum atomic E-state index is 13.4. The van der Waals surface area contributed by atoms with Crippen LogP contribution in [-0.4, -0.2) is 10.5 Å². The van der Waals surface area contributed by atoms with Gasteiger partial charge in [-0.25, -0.2) is 0 Å². The van der Waals surface area contributed by atoms with Crippen LogP contribution in [-0.2, 0) is 20.4 Å². The maximum absolute atomic E-state index is 13.4. The van der Waals surface area contributed by atoms with Crippen LogP contribution in [0, 0.1) is 0 Å². The van der Waals surface area contributed by atoms with Crippen molar-refractivity contribution in [3.63, 3.8) is 0 Å². The largest absolute Gasteiger partial charge is 0.280 e. The van der Waals surface area contributed by atoms with Crippen LogP contribution in [0.2, 0.25) is 0 Å². The Labute approximate surface area is 196 Å². The molecule has 0 heterocycles. The molecule has 0 radical (unpaired) electrons. The monoisotopic (exact) mass is 456 g/mol. The molecule has 1 aliphatic rings. The molecule has 156 valence electrons. The van der Waals surface area contributed by atoms with Crippen LogP contribution in [0.5, 0.6) is 0 Å². The van der Waals surface area contributed by atoms with Crippen molar-refractivity contribution in [2.24, 2.45) is 0 Å². The molecule has 0 saturated carbocycles. The minimum absolute atomic E-state index is 0.535. The Morgan fingerprint density at radius 3 is 0.938 bits per heavy atom. The first-order valence-corrected chi connectivity index (χ1v) is 11.0. The molecule has 0 fully saturated rings. The molecule has 0 aromatic heterocycles. The van der Waals surface area contributed by atoms with Crippen LogP contribution in [0.15, 0.2) is 109 Å². The lowest BCUT2D eigenvalue weighted by Gasteiger charge is -2.46. The number of hydrogen-bond donors (Lipinski definition) is 0. The highest BCUT2D eigenvalue weighted by atomic mass is 35.5. The highest BCUT2D eigenvalue weighted by Crippen LogP contribution is 2.56. The molecule has 4 aromatic carbocycles. The van der Waals surface area contributed by atoms with E-state index in [1.165, 1.54) is 0 Å². The van der Waals surface area contributed by atoms with Crippen molar-refractivity contribution in [2.45, 2.75) is 10.8 Å². The average molecular weight is 457 g/mol. The first-order valence-electron chi connectivity index (χ1n) is 10.3. The van der Waals surface area contributed by atoms with Crippen LogP contribution in [0.4, 0.5) is 0 Å². The van der Waals surface area contributed by atoms with E-state index in [1.807, 2.05) is 109 Å². The van der Waals surface area contributed by atoms with Crippen molar-refractivity contribution in [2.75, 3.05) is 0 Å². The van der Waals surface area contributed by atoms with Gasteiger partial charge in [-0.05, 0) is 56.6 Å². The third-order valence-electron chi connectivity index (χ3n) is 6.47. The Balaban J connectivity index is 2.03. The van der Waals surface area contributed by atoms with Crippen LogP contribution in [0.1, 0.15) is 33.4 Å². The van der Waals surface area contributed by atoms with Gasteiger partial charge in [-0.1, -0.05) is 109 Å². The van der Waals surface area contributed by atoms with E-state index in [2.05, 4.69) is 0 Å². The van der Waals surface area contributed by atoms with Gasteiger partial charge in [0.2, 0.25) is 10.5 Å². The lowest BCUT2D eigenvalue weighted by molar-refractivity contribution is -0.116. The first-order chi connectivity index (χ1) is 15.6. The van der Waals surface area contributed by atoms with Crippen molar-refractivity contribution in [1.82, 2.24) is 0 Å². The summed E-state index contributed by atoms with van der Waals surface area (Å²) in [5.41, 5.74) is 1.55. The van der Waals surface area contributed by atoms with E-state index in [-0.39, 0.29) is 0 Å². The number of fused-ring (bicyclic) bond motifs is 2. The fraction of sp³-hybridized carbons (Fsp3) is 0.0714. The van der Waals surface area contributed by atoms with Gasteiger partial charge in [-0.2, -0.15) is 0 Å². The summed E-state index contributed by atoms with van der Waals surface area (Å²) in [5, 5.41) is -1.07. The van der Waals surface area contributed by atoms with Gasteiger partial charge in [-0.15, -0.1) is 0 Å². The van der Waals surface area contributed by atoms with Crippen molar-refractivity contribution < 1.29 is 9.59 Å². The zero-order valence-electron chi connectivity index (χ0n) is 17.0. The summed E-state index contributed by atoms with van der Waals surface area (Å²) in [5.74, 6) is 0. The van der Waals surface area contributed by atoms with Crippen molar-refractivity contribution in [3.05, 3.63) is 143 Å². The minimum atomic E-state index is -1.28. The highest BCUT2D eigenvalue weighted by molar-refractivity contribution is 6.67. The number of carbonyl (C=O) groups excluding carboxylic acids is 2. The number of halogens is 2. The lowest BCUT2D eigenvalue weighted by atomic mass is 9.54. The van der Waals surface area contributed by atoms with E-state index in [0.717, 1.165) is 11.1 Å². The summed E-state index contributed by atoms with van der Waals surface area (Å²) in [6.45, 7) is 0. The van der Waals surface area contributed by atoms with E-state index >= 15 is 0 Å². The van der Waals surface area contributed by atoms with Gasteiger partial charge >= 0.3 is 0 Å². The quantitative estimate of drug-likeness (QED) is 0.342. The Kier molecular flexibility index (Phi) is 5.00. The molecular weight excluding hydrogens is 439 g/mol. The van der Waals surface area contributed by atoms with Crippen LogP contribution < -0.4 is 0 Å². The van der Waals surface area contributed by atoms with Gasteiger partial charge < -0.3 is 0 Å². The average Bonchev–Trinajstić information content (AvgIpc) is 2.83. The second-order valence-electron chi connectivity index (χ2n) is 7.87. The van der Waals surface area contributed by atoms with Gasteiger partial charge in [-0.3, -0.25) is 9.59 Å². The zero-order chi connectivity index (χ0) is 22.3. The predicted octanol–water partition coefficient (Wildman–Crippen LogP) is 6.20. The fourth-order valence-electron chi connectivity index (χ4n) is 5.21. The molecule has 2 nitrogen and oxygen atoms in total. The normalized spacial score (nSPS) is 21.3. The summed E-state index contributed by atoms with van der Waals surface area (Å²) in [6, 6.07) is 33.8. The molecule has 1 aliphatic carbocycles. The Morgan fingerprint density at radius 2 is 0.688 bits per heavy atom. The van der Waals surface area contributed by atoms with Crippen LogP contribution in [0.25, 0.3) is 0 Å². The fourth-order valence-corrected chi connectivity index (χ4v) is 5.84. The summed E-state index contributed by atoms with van der Waals surface area (Å²) < 4.78 is 0. The van der Waals surface area contributed by atoms with Gasteiger partial charge in [0.1, 0.15) is 10.8 Å². The maximum Gasteiger partial charge on any atom is 0.241 e. The third-order valence-corrected chi connectivity index (χ3v) is 7.04. The number of benzene rings is 4. The summed E-state index contributed by atoms with van der Waals surface area (Å²) in [6.07, 6.45) is 0. The van der Waals surface area contributed by atoms with Crippen LogP contribution in [0.3, 0.4) is 0 Å². The van der Waals surface area contributed by atoms with Gasteiger partial charge in [0.25, 0.3) is 0 Å². The third kappa shape index (κ3) is 2.60. The molecule has 4 aromatic rings. The highest BCUT2D eigenvalue weighted by Gasteiger charge is 2.57. The molecule has 0 aliphatic heterocycles. The van der Waals surface area contributed by atoms with E-state index in [9.17, 15) is 9.59 Å². The molecule has 0 bridgehead atoms. The van der Waals surface area contributed by atoms with Crippen LogP contribution >= 0.6 is 23.2 Å². The van der Waals surface area contributed by atoms with Gasteiger partial charge in [0.05, 0.1) is 0 Å². The molecular formula is C28H18Cl2O2. The first kappa shape index (κ1) is 20.7. The zero-order valence-corrected chi connectivity index (χ0v) is 18.5. The number of carbonyl (C=O) groups is 2. The summed E-state index contributed by atoms with van der Waals surface area (Å²) in [7, 11) is 0. The second kappa shape index (κ2) is 7.74. The predicted molar refractivity (Wildman–Crippen MR) is 127 cm³/mol. The smallest absolute Gasteiger partial charge is 0.241 e. The van der Waals surface area contributed by atoms with Crippen molar-refractivity contribution in [3.8, 4) is 0 Å². The molecule has 0 atom stereocenters. The Hall–Kier alpha value is -3.20. The van der Waals surface area contributed by atoms with Gasteiger partial charge in [0.15, 0.2) is 0 Å². The molecule has 32 heavy (non-hydrogen) atoms. The SMILES string of the molecule is O=C(Cl)C1(c2ccccc2)c2ccccc2C(C(=O)Cl)(c2ccccc2)c2ccccc21. The summed E-state index contributed by atoms with van der Waals surface area (Å²) >= 11 is 12.9. The summed E-state index contributed by atoms with van der Waals surface area (Å²) in [4.78, 5) is 26.8. The topological polar surface area (TPSA) is 34.1 Å². The van der Waals surface area contributed by atoms with E-state index in [0.29, 0.717) is 22.3 Å². The van der Waals surface area contributed by atoms with E-state index in [1.54, 1.807) is 0 Å². The molecule has 0 amide bonds. The van der Waals surface area contributed by atoms with E-state index in [4.69, 9.17) is 23.2 Å².